The second-order valence-electron chi connectivity index (χ2n) is 3.06. The average Bonchev–Trinajstić information content (AvgIpc) is 2.18. The number of hydrogen-bond donors (Lipinski definition) is 1. The number of carbonyl (C=O) groups excluding carboxylic acids is 1. The molecule has 1 rings (SSSR count). The summed E-state index contributed by atoms with van der Waals surface area (Å²) < 4.78 is 29.6. The third kappa shape index (κ3) is 3.63. The van der Waals surface area contributed by atoms with E-state index in [0.717, 1.165) is 6.26 Å². The molecule has 0 aromatic heterocycles. The van der Waals surface area contributed by atoms with Crippen LogP contribution in [0.25, 0.3) is 0 Å². The predicted octanol–water partition coefficient (Wildman–Crippen LogP) is 1.45. The standard InChI is InChI=1S/C9H10INO4S/c1-15-9(12)7-5-6(3-4-8(7)10)11-16(2,13)14/h3-5,11H,1-2H3. The molecular weight excluding hydrogens is 345 g/mol. The number of hydrogen-bond acceptors (Lipinski definition) is 4. The van der Waals surface area contributed by atoms with Gasteiger partial charge in [0, 0.05) is 9.26 Å². The first kappa shape index (κ1) is 13.2. The van der Waals surface area contributed by atoms with Gasteiger partial charge in [-0.3, -0.25) is 4.72 Å². The summed E-state index contributed by atoms with van der Waals surface area (Å²) in [6, 6.07) is 4.66. The van der Waals surface area contributed by atoms with Crippen molar-refractivity contribution in [2.24, 2.45) is 0 Å². The van der Waals surface area contributed by atoms with Gasteiger partial charge in [0.05, 0.1) is 18.9 Å². The predicted molar refractivity (Wildman–Crippen MR) is 69.0 cm³/mol. The Kier molecular flexibility index (Phi) is 4.14. The lowest BCUT2D eigenvalue weighted by Crippen LogP contribution is -2.11. The Bertz CT molecular complexity index is 512. The second-order valence-corrected chi connectivity index (χ2v) is 5.97. The van der Waals surface area contributed by atoms with Gasteiger partial charge in [0.25, 0.3) is 0 Å². The van der Waals surface area contributed by atoms with Gasteiger partial charge >= 0.3 is 5.97 Å². The van der Waals surface area contributed by atoms with Crippen molar-refractivity contribution in [1.29, 1.82) is 0 Å². The van der Waals surface area contributed by atoms with E-state index in [1.807, 2.05) is 22.6 Å². The maximum Gasteiger partial charge on any atom is 0.339 e. The van der Waals surface area contributed by atoms with Crippen molar-refractivity contribution in [3.63, 3.8) is 0 Å². The number of benzene rings is 1. The van der Waals surface area contributed by atoms with Crippen molar-refractivity contribution < 1.29 is 17.9 Å². The topological polar surface area (TPSA) is 72.5 Å². The molecule has 0 spiro atoms. The number of sulfonamides is 1. The molecule has 7 heteroatoms. The Morgan fingerprint density at radius 1 is 1.44 bits per heavy atom. The van der Waals surface area contributed by atoms with Crippen LogP contribution in [0.4, 0.5) is 5.69 Å². The van der Waals surface area contributed by atoms with Gasteiger partial charge in [-0.2, -0.15) is 0 Å². The number of anilines is 1. The van der Waals surface area contributed by atoms with E-state index in [9.17, 15) is 13.2 Å². The number of ether oxygens (including phenoxy) is 1. The molecule has 0 fully saturated rings. The minimum atomic E-state index is -3.34. The first-order chi connectivity index (χ1) is 7.33. The van der Waals surface area contributed by atoms with E-state index in [1.165, 1.54) is 13.2 Å². The fourth-order valence-corrected chi connectivity index (χ4v) is 2.18. The van der Waals surface area contributed by atoms with Crippen LogP contribution in [0.3, 0.4) is 0 Å². The van der Waals surface area contributed by atoms with Crippen LogP contribution < -0.4 is 4.72 Å². The molecule has 1 aromatic rings. The monoisotopic (exact) mass is 355 g/mol. The van der Waals surface area contributed by atoms with E-state index in [2.05, 4.69) is 9.46 Å². The molecule has 0 saturated heterocycles. The van der Waals surface area contributed by atoms with Crippen molar-refractivity contribution in [1.82, 2.24) is 0 Å². The Morgan fingerprint density at radius 2 is 2.06 bits per heavy atom. The van der Waals surface area contributed by atoms with Crippen LogP contribution in [0.2, 0.25) is 0 Å². The molecule has 0 bridgehead atoms. The van der Waals surface area contributed by atoms with Crippen molar-refractivity contribution in [2.45, 2.75) is 0 Å². The third-order valence-electron chi connectivity index (χ3n) is 1.67. The third-order valence-corrected chi connectivity index (χ3v) is 3.22. The smallest absolute Gasteiger partial charge is 0.339 e. The molecule has 0 unspecified atom stereocenters. The number of methoxy groups -OCH3 is 1. The van der Waals surface area contributed by atoms with Crippen LogP contribution in [0, 0.1) is 3.57 Å². The van der Waals surface area contributed by atoms with Crippen LogP contribution in [0.15, 0.2) is 18.2 Å². The SMILES string of the molecule is COC(=O)c1cc(NS(C)(=O)=O)ccc1I. The highest BCUT2D eigenvalue weighted by molar-refractivity contribution is 14.1. The molecule has 1 aromatic carbocycles. The largest absolute Gasteiger partial charge is 0.465 e. The molecular formula is C9H10INO4S. The van der Waals surface area contributed by atoms with E-state index in [0.29, 0.717) is 14.8 Å². The van der Waals surface area contributed by atoms with Crippen LogP contribution in [-0.4, -0.2) is 27.8 Å². The van der Waals surface area contributed by atoms with Gasteiger partial charge in [0.15, 0.2) is 0 Å². The quantitative estimate of drug-likeness (QED) is 0.658. The number of nitrogens with one attached hydrogen (secondary N) is 1. The Labute approximate surface area is 107 Å². The van der Waals surface area contributed by atoms with Crippen LogP contribution in [0.5, 0.6) is 0 Å². The number of rotatable bonds is 3. The zero-order valence-corrected chi connectivity index (χ0v) is 11.6. The summed E-state index contributed by atoms with van der Waals surface area (Å²) in [7, 11) is -2.07. The van der Waals surface area contributed by atoms with Crippen molar-refractivity contribution in [2.75, 3.05) is 18.1 Å². The normalized spacial score (nSPS) is 10.9. The van der Waals surface area contributed by atoms with Crippen molar-refractivity contribution in [3.05, 3.63) is 27.3 Å². The Balaban J connectivity index is 3.12. The molecule has 0 aliphatic carbocycles. The minimum Gasteiger partial charge on any atom is -0.465 e. The lowest BCUT2D eigenvalue weighted by molar-refractivity contribution is 0.0599. The highest BCUT2D eigenvalue weighted by Gasteiger charge is 2.12. The van der Waals surface area contributed by atoms with E-state index in [1.54, 1.807) is 12.1 Å². The van der Waals surface area contributed by atoms with Gasteiger partial charge in [-0.25, -0.2) is 13.2 Å². The van der Waals surface area contributed by atoms with Gasteiger partial charge in [0.2, 0.25) is 10.0 Å². The molecule has 1 N–H and O–H groups in total. The Hall–Kier alpha value is -0.830. The summed E-state index contributed by atoms with van der Waals surface area (Å²) in [6.45, 7) is 0. The zero-order chi connectivity index (χ0) is 12.3. The summed E-state index contributed by atoms with van der Waals surface area (Å²) in [5, 5.41) is 0. The molecule has 0 aliphatic heterocycles. The number of carbonyl (C=O) groups is 1. The summed E-state index contributed by atoms with van der Waals surface area (Å²) in [5.74, 6) is -0.499. The molecule has 16 heavy (non-hydrogen) atoms. The molecule has 0 amide bonds. The first-order valence-corrected chi connectivity index (χ1v) is 7.16. The van der Waals surface area contributed by atoms with E-state index < -0.39 is 16.0 Å². The average molecular weight is 355 g/mol. The lowest BCUT2D eigenvalue weighted by atomic mass is 10.2. The molecule has 0 aliphatic rings. The number of halogens is 1. The van der Waals surface area contributed by atoms with Gasteiger partial charge in [-0.05, 0) is 40.8 Å². The summed E-state index contributed by atoms with van der Waals surface area (Å²) in [5.41, 5.74) is 0.667. The second kappa shape index (κ2) is 5.00. The van der Waals surface area contributed by atoms with E-state index in [4.69, 9.17) is 0 Å². The fourth-order valence-electron chi connectivity index (χ4n) is 1.07. The summed E-state index contributed by atoms with van der Waals surface area (Å²) in [4.78, 5) is 11.3. The molecule has 0 radical (unpaired) electrons. The maximum atomic E-state index is 11.3. The number of esters is 1. The van der Waals surface area contributed by atoms with Crippen LogP contribution in [0.1, 0.15) is 10.4 Å². The molecule has 0 saturated carbocycles. The first-order valence-electron chi connectivity index (χ1n) is 4.19. The maximum absolute atomic E-state index is 11.3. The minimum absolute atomic E-state index is 0.330. The molecule has 5 nitrogen and oxygen atoms in total. The van der Waals surface area contributed by atoms with E-state index >= 15 is 0 Å². The van der Waals surface area contributed by atoms with Crippen LogP contribution >= 0.6 is 22.6 Å². The van der Waals surface area contributed by atoms with Gasteiger partial charge in [-0.15, -0.1) is 0 Å². The highest BCUT2D eigenvalue weighted by atomic mass is 127. The van der Waals surface area contributed by atoms with Gasteiger partial charge in [0.1, 0.15) is 0 Å². The van der Waals surface area contributed by atoms with E-state index in [-0.39, 0.29) is 0 Å². The Morgan fingerprint density at radius 3 is 2.56 bits per heavy atom. The lowest BCUT2D eigenvalue weighted by Gasteiger charge is -2.07. The van der Waals surface area contributed by atoms with Crippen molar-refractivity contribution >= 4 is 44.3 Å². The fraction of sp³-hybridized carbons (Fsp3) is 0.222. The molecule has 88 valence electrons. The highest BCUT2D eigenvalue weighted by Crippen LogP contribution is 2.19. The molecule has 0 heterocycles. The summed E-state index contributed by atoms with van der Waals surface area (Å²) in [6.07, 6.45) is 1.04. The van der Waals surface area contributed by atoms with Gasteiger partial charge in [-0.1, -0.05) is 0 Å². The zero-order valence-electron chi connectivity index (χ0n) is 8.65. The van der Waals surface area contributed by atoms with Crippen LogP contribution in [-0.2, 0) is 14.8 Å². The molecule has 0 atom stereocenters. The van der Waals surface area contributed by atoms with Gasteiger partial charge < -0.3 is 4.74 Å². The van der Waals surface area contributed by atoms with Crippen molar-refractivity contribution in [3.8, 4) is 0 Å². The summed E-state index contributed by atoms with van der Waals surface area (Å²) >= 11 is 1.97.